The molecule has 1 aromatic carbocycles. The van der Waals surface area contributed by atoms with Crippen molar-refractivity contribution in [1.29, 1.82) is 0 Å². The van der Waals surface area contributed by atoms with Gasteiger partial charge in [0.15, 0.2) is 0 Å². The Morgan fingerprint density at radius 1 is 1.04 bits per heavy atom. The zero-order valence-corrected chi connectivity index (χ0v) is 16.8. The summed E-state index contributed by atoms with van der Waals surface area (Å²) in [7, 11) is 0. The molecule has 2 saturated carbocycles. The van der Waals surface area contributed by atoms with E-state index in [0.717, 1.165) is 32.4 Å². The maximum absolute atomic E-state index is 12.3. The SMILES string of the molecule is O=C(O)C1CSC(c2ccc([C@@H]3CC34CCN(C(=O)C3(O)CC3)CC4)cc2)C1. The fourth-order valence-corrected chi connectivity index (χ4v) is 6.59. The highest BCUT2D eigenvalue weighted by Gasteiger charge is 2.57. The van der Waals surface area contributed by atoms with Crippen LogP contribution in [0.4, 0.5) is 0 Å². The van der Waals surface area contributed by atoms with Crippen LogP contribution in [0.2, 0.25) is 0 Å². The first-order valence-electron chi connectivity index (χ1n) is 10.4. The number of likely N-dealkylation sites (tertiary alicyclic amines) is 1. The predicted molar refractivity (Wildman–Crippen MR) is 107 cm³/mol. The topological polar surface area (TPSA) is 77.8 Å². The van der Waals surface area contributed by atoms with Crippen LogP contribution in [-0.2, 0) is 9.59 Å². The van der Waals surface area contributed by atoms with Crippen LogP contribution < -0.4 is 0 Å². The number of carboxylic acid groups (broad SMARTS) is 1. The highest BCUT2D eigenvalue weighted by Crippen LogP contribution is 2.65. The minimum Gasteiger partial charge on any atom is -0.481 e. The maximum Gasteiger partial charge on any atom is 0.307 e. The second-order valence-corrected chi connectivity index (χ2v) is 10.4. The number of benzene rings is 1. The van der Waals surface area contributed by atoms with Gasteiger partial charge in [0, 0.05) is 24.1 Å². The summed E-state index contributed by atoms with van der Waals surface area (Å²) in [6.45, 7) is 1.54. The van der Waals surface area contributed by atoms with Gasteiger partial charge in [0.1, 0.15) is 5.60 Å². The third-order valence-corrected chi connectivity index (χ3v) is 8.88. The Bertz CT molecular complexity index is 795. The van der Waals surface area contributed by atoms with Gasteiger partial charge in [-0.25, -0.2) is 0 Å². The van der Waals surface area contributed by atoms with Crippen LogP contribution >= 0.6 is 11.8 Å². The highest BCUT2D eigenvalue weighted by atomic mass is 32.2. The van der Waals surface area contributed by atoms with E-state index >= 15 is 0 Å². The van der Waals surface area contributed by atoms with E-state index in [4.69, 9.17) is 0 Å². The molecule has 4 fully saturated rings. The number of rotatable bonds is 4. The summed E-state index contributed by atoms with van der Waals surface area (Å²) < 4.78 is 0. The lowest BCUT2D eigenvalue weighted by molar-refractivity contribution is -0.144. The van der Waals surface area contributed by atoms with Gasteiger partial charge in [-0.1, -0.05) is 24.3 Å². The number of carbonyl (C=O) groups excluding carboxylic acids is 1. The first-order valence-corrected chi connectivity index (χ1v) is 11.4. The Morgan fingerprint density at radius 3 is 2.25 bits per heavy atom. The molecule has 6 heteroatoms. The largest absolute Gasteiger partial charge is 0.481 e. The van der Waals surface area contributed by atoms with Gasteiger partial charge in [0.2, 0.25) is 0 Å². The van der Waals surface area contributed by atoms with E-state index in [9.17, 15) is 19.8 Å². The smallest absolute Gasteiger partial charge is 0.307 e. The number of aliphatic hydroxyl groups is 1. The molecule has 2 saturated heterocycles. The van der Waals surface area contributed by atoms with Gasteiger partial charge >= 0.3 is 5.97 Å². The summed E-state index contributed by atoms with van der Waals surface area (Å²) >= 11 is 1.75. The van der Waals surface area contributed by atoms with Crippen LogP contribution in [0.3, 0.4) is 0 Å². The van der Waals surface area contributed by atoms with Gasteiger partial charge in [-0.3, -0.25) is 9.59 Å². The Hall–Kier alpha value is -1.53. The Balaban J connectivity index is 1.19. The number of carbonyl (C=O) groups is 2. The highest BCUT2D eigenvalue weighted by molar-refractivity contribution is 7.99. The average molecular weight is 402 g/mol. The lowest BCUT2D eigenvalue weighted by Crippen LogP contribution is -2.45. The van der Waals surface area contributed by atoms with Crippen molar-refractivity contribution in [1.82, 2.24) is 4.90 Å². The third-order valence-electron chi connectivity index (χ3n) is 7.41. The molecule has 2 unspecified atom stereocenters. The van der Waals surface area contributed by atoms with E-state index < -0.39 is 11.6 Å². The number of amides is 1. The molecule has 2 N–H and O–H groups in total. The van der Waals surface area contributed by atoms with Crippen LogP contribution in [-0.4, -0.2) is 51.4 Å². The Kier molecular flexibility index (Phi) is 4.29. The van der Waals surface area contributed by atoms with Crippen LogP contribution in [0.5, 0.6) is 0 Å². The zero-order valence-electron chi connectivity index (χ0n) is 16.0. The molecule has 1 spiro atoms. The van der Waals surface area contributed by atoms with Crippen LogP contribution in [0.25, 0.3) is 0 Å². The van der Waals surface area contributed by atoms with E-state index in [-0.39, 0.29) is 11.8 Å². The summed E-state index contributed by atoms with van der Waals surface area (Å²) in [6.07, 6.45) is 5.21. The molecular weight excluding hydrogens is 374 g/mol. The summed E-state index contributed by atoms with van der Waals surface area (Å²) in [5.74, 6) is 0.328. The lowest BCUT2D eigenvalue weighted by atomic mass is 9.88. The van der Waals surface area contributed by atoms with Crippen molar-refractivity contribution in [3.8, 4) is 0 Å². The molecular formula is C22H27NO4S. The summed E-state index contributed by atoms with van der Waals surface area (Å²) in [4.78, 5) is 25.4. The molecule has 150 valence electrons. The van der Waals surface area contributed by atoms with Crippen LogP contribution in [0.1, 0.15) is 60.8 Å². The minimum atomic E-state index is -1.04. The summed E-state index contributed by atoms with van der Waals surface area (Å²) in [5.41, 5.74) is 1.91. The number of hydrogen-bond acceptors (Lipinski definition) is 4. The molecule has 28 heavy (non-hydrogen) atoms. The van der Waals surface area contributed by atoms with Crippen molar-refractivity contribution in [2.75, 3.05) is 18.8 Å². The van der Waals surface area contributed by atoms with E-state index in [1.165, 1.54) is 17.5 Å². The summed E-state index contributed by atoms with van der Waals surface area (Å²) in [5, 5.41) is 19.6. The molecule has 2 aliphatic carbocycles. The summed E-state index contributed by atoms with van der Waals surface area (Å²) in [6, 6.07) is 8.83. The molecule has 5 rings (SSSR count). The van der Waals surface area contributed by atoms with Crippen molar-refractivity contribution in [2.45, 2.75) is 55.3 Å². The fraction of sp³-hybridized carbons (Fsp3) is 0.636. The van der Waals surface area contributed by atoms with Crippen molar-refractivity contribution in [2.24, 2.45) is 11.3 Å². The van der Waals surface area contributed by atoms with E-state index in [1.54, 1.807) is 11.8 Å². The van der Waals surface area contributed by atoms with Gasteiger partial charge in [-0.05, 0) is 61.0 Å². The number of piperidine rings is 1. The van der Waals surface area contributed by atoms with Gasteiger partial charge in [-0.2, -0.15) is 11.8 Å². The number of thioether (sulfide) groups is 1. The molecule has 1 amide bonds. The quantitative estimate of drug-likeness (QED) is 0.810. The Morgan fingerprint density at radius 2 is 1.68 bits per heavy atom. The predicted octanol–water partition coefficient (Wildman–Crippen LogP) is 3.19. The molecule has 2 aliphatic heterocycles. The normalized spacial score (nSPS) is 32.3. The van der Waals surface area contributed by atoms with E-state index in [1.807, 2.05) is 4.90 Å². The van der Waals surface area contributed by atoms with E-state index in [0.29, 0.717) is 35.2 Å². The zero-order chi connectivity index (χ0) is 19.5. The first kappa shape index (κ1) is 18.5. The number of hydrogen-bond donors (Lipinski definition) is 2. The second-order valence-electron chi connectivity index (χ2n) is 9.20. The molecule has 5 nitrogen and oxygen atoms in total. The molecule has 0 radical (unpaired) electrons. The van der Waals surface area contributed by atoms with Gasteiger partial charge in [0.05, 0.1) is 5.92 Å². The first-order chi connectivity index (χ1) is 13.4. The second kappa shape index (κ2) is 6.49. The molecule has 3 atom stereocenters. The van der Waals surface area contributed by atoms with E-state index in [2.05, 4.69) is 24.3 Å². The standard InChI is InChI=1S/C22H27NO4S/c24-19(25)16-11-18(28-13-16)15-3-1-14(2-4-15)17-12-21(17)7-9-23(10-8-21)20(26)22(27)5-6-22/h1-4,16-18,27H,5-13H2,(H,24,25)/t16?,17-,18?/m0/s1. The fourth-order valence-electron chi connectivity index (χ4n) is 5.13. The number of nitrogens with zero attached hydrogens (tertiary/aromatic N) is 1. The van der Waals surface area contributed by atoms with Crippen molar-refractivity contribution < 1.29 is 19.8 Å². The lowest BCUT2D eigenvalue weighted by Gasteiger charge is -2.34. The Labute approximate surface area is 169 Å². The maximum atomic E-state index is 12.3. The average Bonchev–Trinajstić information content (AvgIpc) is 3.55. The number of carboxylic acids is 1. The molecule has 0 aromatic heterocycles. The van der Waals surface area contributed by atoms with Crippen molar-refractivity contribution >= 4 is 23.6 Å². The van der Waals surface area contributed by atoms with Crippen LogP contribution in [0, 0.1) is 11.3 Å². The molecule has 1 aromatic rings. The molecule has 2 heterocycles. The molecule has 4 aliphatic rings. The molecule has 0 bridgehead atoms. The third kappa shape index (κ3) is 3.14. The number of aliphatic carboxylic acids is 1. The van der Waals surface area contributed by atoms with Gasteiger partial charge in [-0.15, -0.1) is 0 Å². The van der Waals surface area contributed by atoms with Crippen LogP contribution in [0.15, 0.2) is 24.3 Å². The minimum absolute atomic E-state index is 0.0577. The van der Waals surface area contributed by atoms with Gasteiger partial charge in [0.25, 0.3) is 5.91 Å². The monoisotopic (exact) mass is 401 g/mol. The van der Waals surface area contributed by atoms with Crippen molar-refractivity contribution in [3.63, 3.8) is 0 Å². The van der Waals surface area contributed by atoms with Gasteiger partial charge < -0.3 is 15.1 Å². The van der Waals surface area contributed by atoms with Crippen molar-refractivity contribution in [3.05, 3.63) is 35.4 Å².